The number of aromatic nitrogens is 6. The highest BCUT2D eigenvalue weighted by atomic mass is 35.5. The van der Waals surface area contributed by atoms with Crippen LogP contribution in [0.25, 0.3) is 10.8 Å². The van der Waals surface area contributed by atoms with Crippen molar-refractivity contribution in [1.82, 2.24) is 29.4 Å². The molecule has 4 aromatic heterocycles. The third kappa shape index (κ3) is 2.73. The molecule has 0 spiro atoms. The van der Waals surface area contributed by atoms with Crippen LogP contribution in [-0.2, 0) is 0 Å². The Morgan fingerprint density at radius 1 is 1.21 bits per heavy atom. The number of fused-ring (bicyclic) bond motifs is 1. The van der Waals surface area contributed by atoms with Crippen molar-refractivity contribution in [3.05, 3.63) is 57.3 Å². The molecule has 0 radical (unpaired) electrons. The van der Waals surface area contributed by atoms with E-state index in [2.05, 4.69) is 25.5 Å². The highest BCUT2D eigenvalue weighted by molar-refractivity contribution is 7.20. The lowest BCUT2D eigenvalue weighted by Gasteiger charge is -2.02. The molecule has 0 aliphatic carbocycles. The predicted molar refractivity (Wildman–Crippen MR) is 91.8 cm³/mol. The lowest BCUT2D eigenvalue weighted by Crippen LogP contribution is -2.12. The molecule has 11 heteroatoms. The van der Waals surface area contributed by atoms with Crippen LogP contribution < -0.4 is 10.9 Å². The van der Waals surface area contributed by atoms with Crippen LogP contribution in [0.1, 0.15) is 0 Å². The molecule has 24 heavy (non-hydrogen) atoms. The van der Waals surface area contributed by atoms with E-state index in [9.17, 15) is 4.79 Å². The van der Waals surface area contributed by atoms with Gasteiger partial charge in [-0.25, -0.2) is 14.6 Å². The Hall–Kier alpha value is -2.49. The van der Waals surface area contributed by atoms with Gasteiger partial charge in [-0.2, -0.15) is 9.61 Å². The van der Waals surface area contributed by atoms with Crippen LogP contribution in [0, 0.1) is 0 Å². The quantitative estimate of drug-likeness (QED) is 0.588. The number of rotatable bonds is 3. The Kier molecular flexibility index (Phi) is 3.68. The van der Waals surface area contributed by atoms with Crippen molar-refractivity contribution in [2.45, 2.75) is 0 Å². The Bertz CT molecular complexity index is 1100. The molecular weight excluding hydrogens is 373 g/mol. The van der Waals surface area contributed by atoms with Gasteiger partial charge in [0.2, 0.25) is 10.1 Å². The molecule has 1 N–H and O–H groups in total. The van der Waals surface area contributed by atoms with Gasteiger partial charge in [-0.3, -0.25) is 4.79 Å². The fourth-order valence-electron chi connectivity index (χ4n) is 2.00. The minimum atomic E-state index is -0.239. The van der Waals surface area contributed by atoms with Gasteiger partial charge in [-0.05, 0) is 6.07 Å². The minimum Gasteiger partial charge on any atom is -0.327 e. The lowest BCUT2D eigenvalue weighted by atomic mass is 10.4. The summed E-state index contributed by atoms with van der Waals surface area (Å²) in [4.78, 5) is 20.4. The molecule has 4 aromatic rings. The van der Waals surface area contributed by atoms with E-state index in [0.29, 0.717) is 31.6 Å². The number of hydrogen-bond acceptors (Lipinski definition) is 7. The molecule has 120 valence electrons. The van der Waals surface area contributed by atoms with Gasteiger partial charge in [0.25, 0.3) is 5.56 Å². The SMILES string of the molecule is O=c1ccnc2sc(Nc3cnn(-c4ncc(Cl)cc4Cl)c3)nn12. The third-order valence-corrected chi connectivity index (χ3v) is 4.33. The third-order valence-electron chi connectivity index (χ3n) is 3.01. The summed E-state index contributed by atoms with van der Waals surface area (Å²) in [6.07, 6.45) is 6.23. The molecule has 0 saturated heterocycles. The van der Waals surface area contributed by atoms with Crippen molar-refractivity contribution in [1.29, 1.82) is 0 Å². The van der Waals surface area contributed by atoms with Crippen molar-refractivity contribution in [2.75, 3.05) is 5.32 Å². The van der Waals surface area contributed by atoms with E-state index < -0.39 is 0 Å². The summed E-state index contributed by atoms with van der Waals surface area (Å²) in [7, 11) is 0. The Labute approximate surface area is 148 Å². The van der Waals surface area contributed by atoms with Crippen LogP contribution in [0.15, 0.2) is 41.7 Å². The van der Waals surface area contributed by atoms with Crippen molar-refractivity contribution in [3.63, 3.8) is 0 Å². The van der Waals surface area contributed by atoms with Crippen molar-refractivity contribution in [2.24, 2.45) is 0 Å². The molecular formula is C13H7Cl2N7OS. The number of nitrogens with zero attached hydrogens (tertiary/aromatic N) is 6. The molecule has 0 amide bonds. The second-order valence-corrected chi connectivity index (χ2v) is 6.44. The average molecular weight is 380 g/mol. The van der Waals surface area contributed by atoms with Crippen LogP contribution in [-0.4, -0.2) is 29.4 Å². The van der Waals surface area contributed by atoms with Crippen molar-refractivity contribution < 1.29 is 0 Å². The fourth-order valence-corrected chi connectivity index (χ4v) is 3.26. The first kappa shape index (κ1) is 15.1. The molecule has 0 saturated carbocycles. The van der Waals surface area contributed by atoms with Crippen LogP contribution in [0.5, 0.6) is 0 Å². The number of nitrogens with one attached hydrogen (secondary N) is 1. The van der Waals surface area contributed by atoms with Crippen LogP contribution >= 0.6 is 34.5 Å². The van der Waals surface area contributed by atoms with Crippen LogP contribution in [0.2, 0.25) is 10.0 Å². The average Bonchev–Trinajstić information content (AvgIpc) is 3.15. The van der Waals surface area contributed by atoms with Gasteiger partial charge >= 0.3 is 0 Å². The molecule has 0 unspecified atom stereocenters. The molecule has 0 bridgehead atoms. The zero-order valence-electron chi connectivity index (χ0n) is 11.7. The largest absolute Gasteiger partial charge is 0.327 e. The second kappa shape index (κ2) is 5.86. The maximum atomic E-state index is 11.7. The monoisotopic (exact) mass is 379 g/mol. The summed E-state index contributed by atoms with van der Waals surface area (Å²) in [5.41, 5.74) is 0.423. The summed E-state index contributed by atoms with van der Waals surface area (Å²) in [5, 5.41) is 12.8. The van der Waals surface area contributed by atoms with E-state index in [1.807, 2.05) is 0 Å². The molecule has 0 aromatic carbocycles. The smallest absolute Gasteiger partial charge is 0.275 e. The highest BCUT2D eigenvalue weighted by Crippen LogP contribution is 2.24. The molecule has 4 heterocycles. The molecule has 4 rings (SSSR count). The first-order chi connectivity index (χ1) is 11.6. The second-order valence-electron chi connectivity index (χ2n) is 4.64. The van der Waals surface area contributed by atoms with Gasteiger partial charge in [-0.15, -0.1) is 5.10 Å². The number of anilines is 2. The van der Waals surface area contributed by atoms with Gasteiger partial charge in [0.1, 0.15) is 0 Å². The minimum absolute atomic E-state index is 0.239. The zero-order chi connectivity index (χ0) is 16.7. The maximum Gasteiger partial charge on any atom is 0.275 e. The Morgan fingerprint density at radius 3 is 2.88 bits per heavy atom. The number of pyridine rings is 1. The molecule has 0 fully saturated rings. The Balaban J connectivity index is 1.65. The maximum absolute atomic E-state index is 11.7. The topological polar surface area (TPSA) is 90.0 Å². The van der Waals surface area contributed by atoms with Gasteiger partial charge in [0.15, 0.2) is 5.82 Å². The van der Waals surface area contributed by atoms with Gasteiger partial charge in [-0.1, -0.05) is 34.5 Å². The summed E-state index contributed by atoms with van der Waals surface area (Å²) >= 11 is 13.2. The summed E-state index contributed by atoms with van der Waals surface area (Å²) in [6.45, 7) is 0. The van der Waals surface area contributed by atoms with Crippen molar-refractivity contribution in [3.8, 4) is 5.82 Å². The Morgan fingerprint density at radius 2 is 2.08 bits per heavy atom. The van der Waals surface area contributed by atoms with Gasteiger partial charge in [0, 0.05) is 18.5 Å². The summed E-state index contributed by atoms with van der Waals surface area (Å²) < 4.78 is 2.74. The van der Waals surface area contributed by atoms with E-state index in [4.69, 9.17) is 23.2 Å². The van der Waals surface area contributed by atoms with Crippen LogP contribution in [0.3, 0.4) is 0 Å². The first-order valence-electron chi connectivity index (χ1n) is 6.58. The normalized spacial score (nSPS) is 11.1. The molecule has 0 aliphatic rings. The summed E-state index contributed by atoms with van der Waals surface area (Å²) in [6, 6.07) is 2.94. The molecule has 8 nitrogen and oxygen atoms in total. The highest BCUT2D eigenvalue weighted by Gasteiger charge is 2.10. The van der Waals surface area contributed by atoms with E-state index >= 15 is 0 Å². The molecule has 0 atom stereocenters. The zero-order valence-corrected chi connectivity index (χ0v) is 14.0. The van der Waals surface area contributed by atoms with Crippen molar-refractivity contribution >= 4 is 50.3 Å². The molecule has 0 aliphatic heterocycles. The number of halogens is 2. The number of hydrogen-bond donors (Lipinski definition) is 1. The van der Waals surface area contributed by atoms with E-state index in [1.54, 1.807) is 18.5 Å². The van der Waals surface area contributed by atoms with Crippen LogP contribution in [0.4, 0.5) is 10.8 Å². The predicted octanol–water partition coefficient (Wildman–Crippen LogP) is 2.78. The standard InChI is InChI=1S/C13H7Cl2N7OS/c14-7-3-9(15)11(17-4-7)21-6-8(5-18-21)19-12-20-22-10(23)1-2-16-13(22)24-12/h1-6H,(H,19,20). The van der Waals surface area contributed by atoms with Gasteiger partial charge in [0.05, 0.1) is 28.1 Å². The van der Waals surface area contributed by atoms with E-state index in [0.717, 1.165) is 0 Å². The van der Waals surface area contributed by atoms with Gasteiger partial charge < -0.3 is 5.32 Å². The summed E-state index contributed by atoms with van der Waals surface area (Å²) in [5.74, 6) is 0.455. The first-order valence-corrected chi connectivity index (χ1v) is 8.15. The van der Waals surface area contributed by atoms with E-state index in [-0.39, 0.29) is 5.56 Å². The van der Waals surface area contributed by atoms with E-state index in [1.165, 1.54) is 39.0 Å². The lowest BCUT2D eigenvalue weighted by molar-refractivity contribution is 0.847. The fraction of sp³-hybridized carbons (Fsp3) is 0.